The summed E-state index contributed by atoms with van der Waals surface area (Å²) in [6, 6.07) is 1.84. The molecule has 0 bridgehead atoms. The molecule has 0 spiro atoms. The summed E-state index contributed by atoms with van der Waals surface area (Å²) in [4.78, 5) is 6.59. The van der Waals surface area contributed by atoms with Gasteiger partial charge in [-0.1, -0.05) is 0 Å². The summed E-state index contributed by atoms with van der Waals surface area (Å²) < 4.78 is 11.7. The van der Waals surface area contributed by atoms with Crippen molar-refractivity contribution >= 4 is 15.9 Å². The molecule has 0 atom stereocenters. The van der Waals surface area contributed by atoms with Gasteiger partial charge < -0.3 is 14.4 Å². The summed E-state index contributed by atoms with van der Waals surface area (Å²) in [6.07, 6.45) is 5.39. The average Bonchev–Trinajstić information content (AvgIpc) is 2.88. The molecule has 0 aromatic carbocycles. The molecule has 0 amide bonds. The zero-order valence-electron chi connectivity index (χ0n) is 10.7. The van der Waals surface area contributed by atoms with E-state index in [9.17, 15) is 0 Å². The van der Waals surface area contributed by atoms with Crippen molar-refractivity contribution in [3.05, 3.63) is 16.9 Å². The summed E-state index contributed by atoms with van der Waals surface area (Å²) in [5, 5.41) is 0. The van der Waals surface area contributed by atoms with E-state index in [-0.39, 0.29) is 0 Å². The summed E-state index contributed by atoms with van der Waals surface area (Å²) in [5.41, 5.74) is 0. The fourth-order valence-corrected chi connectivity index (χ4v) is 2.45. The molecule has 2 rings (SSSR count). The quantitative estimate of drug-likeness (QED) is 0.597. The minimum atomic E-state index is 0.680. The average molecular weight is 315 g/mol. The van der Waals surface area contributed by atoms with Gasteiger partial charge in [0.25, 0.3) is 0 Å². The predicted molar refractivity (Wildman–Crippen MR) is 74.3 cm³/mol. The van der Waals surface area contributed by atoms with Gasteiger partial charge in [-0.15, -0.1) is 0 Å². The summed E-state index contributed by atoms with van der Waals surface area (Å²) in [6.45, 7) is 4.31. The Morgan fingerprint density at radius 3 is 2.83 bits per heavy atom. The van der Waals surface area contributed by atoms with Gasteiger partial charge in [-0.2, -0.15) is 0 Å². The van der Waals surface area contributed by atoms with Crippen molar-refractivity contribution in [3.63, 3.8) is 0 Å². The molecule has 1 aromatic heterocycles. The van der Waals surface area contributed by atoms with E-state index in [2.05, 4.69) is 25.8 Å². The number of ether oxygens (including phenoxy) is 2. The van der Waals surface area contributed by atoms with Gasteiger partial charge in [-0.05, 0) is 48.3 Å². The van der Waals surface area contributed by atoms with Gasteiger partial charge in [0.15, 0.2) is 11.5 Å². The molecule has 0 saturated carbocycles. The maximum Gasteiger partial charge on any atom is 0.179 e. The highest BCUT2D eigenvalue weighted by Crippen LogP contribution is 2.28. The van der Waals surface area contributed by atoms with Crippen molar-refractivity contribution < 1.29 is 9.47 Å². The Labute approximate surface area is 116 Å². The van der Waals surface area contributed by atoms with Crippen LogP contribution >= 0.6 is 15.9 Å². The lowest BCUT2D eigenvalue weighted by molar-refractivity contribution is 0.253. The molecule has 1 aromatic rings. The Hall–Kier alpha value is -0.810. The Morgan fingerprint density at radius 1 is 1.33 bits per heavy atom. The van der Waals surface area contributed by atoms with Crippen molar-refractivity contribution in [2.45, 2.75) is 19.3 Å². The monoisotopic (exact) mass is 314 g/mol. The molecular weight excluding hydrogens is 296 g/mol. The van der Waals surface area contributed by atoms with Gasteiger partial charge in [-0.25, -0.2) is 4.98 Å². The summed E-state index contributed by atoms with van der Waals surface area (Å²) >= 11 is 3.33. The number of pyridine rings is 1. The molecule has 0 aliphatic carbocycles. The third-order valence-electron chi connectivity index (χ3n) is 3.09. The number of methoxy groups -OCH3 is 1. The normalized spacial score (nSPS) is 15.9. The second kappa shape index (κ2) is 6.95. The molecule has 18 heavy (non-hydrogen) atoms. The van der Waals surface area contributed by atoms with Crippen molar-refractivity contribution in [2.75, 3.05) is 33.4 Å². The molecule has 0 radical (unpaired) electrons. The third-order valence-corrected chi connectivity index (χ3v) is 3.53. The van der Waals surface area contributed by atoms with Crippen LogP contribution in [0.1, 0.15) is 19.3 Å². The lowest BCUT2D eigenvalue weighted by Crippen LogP contribution is -2.21. The van der Waals surface area contributed by atoms with Crippen LogP contribution < -0.4 is 9.47 Å². The highest BCUT2D eigenvalue weighted by molar-refractivity contribution is 9.10. The molecular formula is C13H19BrN2O2. The Kier molecular flexibility index (Phi) is 5.26. The third kappa shape index (κ3) is 3.85. The van der Waals surface area contributed by atoms with E-state index in [1.54, 1.807) is 13.3 Å². The lowest BCUT2D eigenvalue weighted by atomic mass is 10.4. The van der Waals surface area contributed by atoms with Gasteiger partial charge in [0.2, 0.25) is 0 Å². The molecule has 2 heterocycles. The van der Waals surface area contributed by atoms with E-state index in [4.69, 9.17) is 9.47 Å². The fourth-order valence-electron chi connectivity index (χ4n) is 2.14. The first kappa shape index (κ1) is 13.6. The first-order chi connectivity index (χ1) is 8.79. The van der Waals surface area contributed by atoms with E-state index in [0.29, 0.717) is 12.4 Å². The number of aromatic nitrogens is 1. The maximum absolute atomic E-state index is 5.75. The highest BCUT2D eigenvalue weighted by atomic mass is 79.9. The summed E-state index contributed by atoms with van der Waals surface area (Å²) in [7, 11) is 1.63. The van der Waals surface area contributed by atoms with Gasteiger partial charge >= 0.3 is 0 Å². The molecule has 1 fully saturated rings. The number of halogens is 1. The topological polar surface area (TPSA) is 34.6 Å². The first-order valence-corrected chi connectivity index (χ1v) is 7.13. The number of hydrogen-bond acceptors (Lipinski definition) is 4. The minimum absolute atomic E-state index is 0.680. The lowest BCUT2D eigenvalue weighted by Gasteiger charge is -2.15. The molecule has 5 heteroatoms. The van der Waals surface area contributed by atoms with E-state index < -0.39 is 0 Å². The van der Waals surface area contributed by atoms with Crippen LogP contribution in [0.3, 0.4) is 0 Å². The predicted octanol–water partition coefficient (Wildman–Crippen LogP) is 2.72. The van der Waals surface area contributed by atoms with Crippen LogP contribution in [0.25, 0.3) is 0 Å². The molecule has 1 aliphatic rings. The summed E-state index contributed by atoms with van der Waals surface area (Å²) in [5.74, 6) is 1.43. The molecule has 100 valence electrons. The fraction of sp³-hybridized carbons (Fsp3) is 0.615. The van der Waals surface area contributed by atoms with Crippen molar-refractivity contribution in [1.29, 1.82) is 0 Å². The zero-order chi connectivity index (χ0) is 12.8. The second-order valence-corrected chi connectivity index (χ2v) is 5.22. The van der Waals surface area contributed by atoms with Gasteiger partial charge in [0.05, 0.1) is 19.9 Å². The zero-order valence-corrected chi connectivity index (χ0v) is 12.3. The van der Waals surface area contributed by atoms with Crippen LogP contribution in [0.5, 0.6) is 11.5 Å². The Bertz CT molecular complexity index is 381. The van der Waals surface area contributed by atoms with Crippen molar-refractivity contribution in [3.8, 4) is 11.5 Å². The van der Waals surface area contributed by atoms with Crippen molar-refractivity contribution in [2.24, 2.45) is 0 Å². The van der Waals surface area contributed by atoms with Crippen molar-refractivity contribution in [1.82, 2.24) is 9.88 Å². The minimum Gasteiger partial charge on any atom is -0.491 e. The van der Waals surface area contributed by atoms with E-state index >= 15 is 0 Å². The van der Waals surface area contributed by atoms with Gasteiger partial charge in [0, 0.05) is 12.6 Å². The smallest absolute Gasteiger partial charge is 0.179 e. The Balaban J connectivity index is 1.76. The molecule has 0 unspecified atom stereocenters. The maximum atomic E-state index is 5.75. The van der Waals surface area contributed by atoms with Crippen LogP contribution in [-0.2, 0) is 0 Å². The largest absolute Gasteiger partial charge is 0.491 e. The first-order valence-electron chi connectivity index (χ1n) is 6.34. The molecule has 1 saturated heterocycles. The van der Waals surface area contributed by atoms with Gasteiger partial charge in [-0.3, -0.25) is 0 Å². The van der Waals surface area contributed by atoms with Gasteiger partial charge in [0.1, 0.15) is 4.60 Å². The second-order valence-electron chi connectivity index (χ2n) is 4.41. The van der Waals surface area contributed by atoms with E-state index in [1.807, 2.05) is 6.07 Å². The molecule has 1 aliphatic heterocycles. The van der Waals surface area contributed by atoms with Crippen LogP contribution in [-0.4, -0.2) is 43.2 Å². The highest BCUT2D eigenvalue weighted by Gasteiger charge is 2.11. The SMILES string of the molecule is COc1cnc(Br)cc1OCCCN1CCCC1. The van der Waals surface area contributed by atoms with Crippen LogP contribution in [0.4, 0.5) is 0 Å². The molecule has 0 N–H and O–H groups in total. The standard InChI is InChI=1S/C13H19BrN2O2/c1-17-12-10-15-13(14)9-11(12)18-8-4-7-16-5-2-3-6-16/h9-10H,2-8H2,1H3. The van der Waals surface area contributed by atoms with Crippen LogP contribution in [0.2, 0.25) is 0 Å². The van der Waals surface area contributed by atoms with E-state index in [0.717, 1.165) is 23.3 Å². The number of hydrogen-bond donors (Lipinski definition) is 0. The number of nitrogens with zero attached hydrogens (tertiary/aromatic N) is 2. The van der Waals surface area contributed by atoms with Crippen LogP contribution in [0, 0.1) is 0 Å². The van der Waals surface area contributed by atoms with E-state index in [1.165, 1.54) is 25.9 Å². The van der Waals surface area contributed by atoms with Crippen LogP contribution in [0.15, 0.2) is 16.9 Å². The molecule has 4 nitrogen and oxygen atoms in total. The number of rotatable bonds is 6. The Morgan fingerprint density at radius 2 is 2.11 bits per heavy atom. The number of likely N-dealkylation sites (tertiary alicyclic amines) is 1.